The number of aryl methyl sites for hydroxylation is 1. The highest BCUT2D eigenvalue weighted by Crippen LogP contribution is 2.27. The van der Waals surface area contributed by atoms with Crippen molar-refractivity contribution < 1.29 is 14.6 Å². The summed E-state index contributed by atoms with van der Waals surface area (Å²) in [5.41, 5.74) is 0.821. The van der Waals surface area contributed by atoms with Gasteiger partial charge < -0.3 is 15.2 Å². The monoisotopic (exact) mass is 532 g/mol. The minimum atomic E-state index is -1.14. The van der Waals surface area contributed by atoms with Crippen molar-refractivity contribution in [2.24, 2.45) is 0 Å². The summed E-state index contributed by atoms with van der Waals surface area (Å²) in [6, 6.07) is 17.1. The highest BCUT2D eigenvalue weighted by Gasteiger charge is 2.16. The molecule has 0 aliphatic carbocycles. The normalized spacial score (nSPS) is 10.6. The number of nitrogens with one attached hydrogen (secondary N) is 1. The molecule has 2 N–H and O–H groups in total. The number of aromatic nitrogens is 4. The zero-order valence-electron chi connectivity index (χ0n) is 20.1. The Morgan fingerprint density at radius 3 is 2.53 bits per heavy atom. The van der Waals surface area contributed by atoms with Crippen molar-refractivity contribution in [2.45, 2.75) is 26.4 Å². The number of rotatable bonds is 9. The van der Waals surface area contributed by atoms with Crippen LogP contribution in [-0.4, -0.2) is 30.2 Å². The van der Waals surface area contributed by atoms with Crippen LogP contribution in [0.4, 0.5) is 11.6 Å². The molecule has 192 valence electrons. The second-order valence-corrected chi connectivity index (χ2v) is 8.65. The van der Waals surface area contributed by atoms with E-state index in [1.165, 1.54) is 10.8 Å². The van der Waals surface area contributed by atoms with E-state index < -0.39 is 23.8 Å². The van der Waals surface area contributed by atoms with E-state index in [2.05, 4.69) is 15.3 Å². The summed E-state index contributed by atoms with van der Waals surface area (Å²) in [5, 5.41) is 21.5. The van der Waals surface area contributed by atoms with Gasteiger partial charge in [0.25, 0.3) is 0 Å². The lowest BCUT2D eigenvalue weighted by molar-refractivity contribution is -0.137. The Balaban J connectivity index is 1.65. The lowest BCUT2D eigenvalue weighted by atomic mass is 10.2. The van der Waals surface area contributed by atoms with E-state index in [-0.39, 0.29) is 19.0 Å². The van der Waals surface area contributed by atoms with Crippen LogP contribution in [-0.2, 0) is 17.9 Å². The molecular weight excluding hydrogens is 512 g/mol. The Hall–Kier alpha value is -4.95. The number of ether oxygens (including phenoxy) is 1. The van der Waals surface area contributed by atoms with Crippen LogP contribution in [0.2, 0.25) is 5.02 Å². The summed E-state index contributed by atoms with van der Waals surface area (Å²) in [6.07, 6.45) is 1.00. The second-order valence-electron chi connectivity index (χ2n) is 8.21. The lowest BCUT2D eigenvalue weighted by Crippen LogP contribution is -2.43. The molecule has 2 heterocycles. The Morgan fingerprint density at radius 2 is 1.89 bits per heavy atom. The van der Waals surface area contributed by atoms with Gasteiger partial charge in [0.15, 0.2) is 0 Å². The van der Waals surface area contributed by atoms with Crippen LogP contribution in [0.15, 0.2) is 70.4 Å². The molecule has 38 heavy (non-hydrogen) atoms. The fourth-order valence-corrected chi connectivity index (χ4v) is 3.65. The largest absolute Gasteiger partial charge is 0.481 e. The first-order valence-corrected chi connectivity index (χ1v) is 11.7. The third kappa shape index (κ3) is 6.24. The number of nitriles is 1. The Labute approximate surface area is 221 Å². The summed E-state index contributed by atoms with van der Waals surface area (Å²) in [7, 11) is 0. The summed E-state index contributed by atoms with van der Waals surface area (Å²) in [5.74, 6) is -0.320. The van der Waals surface area contributed by atoms with E-state index in [9.17, 15) is 14.4 Å². The molecule has 4 rings (SSSR count). The molecule has 0 saturated heterocycles. The van der Waals surface area contributed by atoms with Crippen molar-refractivity contribution in [3.63, 3.8) is 0 Å². The van der Waals surface area contributed by atoms with E-state index in [0.717, 1.165) is 15.7 Å². The van der Waals surface area contributed by atoms with Gasteiger partial charge >= 0.3 is 17.3 Å². The smallest absolute Gasteiger partial charge is 0.354 e. The van der Waals surface area contributed by atoms with Gasteiger partial charge in [-0.2, -0.15) is 10.2 Å². The van der Waals surface area contributed by atoms with Gasteiger partial charge in [0.2, 0.25) is 11.8 Å². The molecule has 0 bridgehead atoms. The summed E-state index contributed by atoms with van der Waals surface area (Å²) >= 11 is 5.97. The number of halogens is 1. The average Bonchev–Trinajstić information content (AvgIpc) is 2.89. The average molecular weight is 533 g/mol. The fraction of sp³-hybridized carbons (Fsp3) is 0.154. The van der Waals surface area contributed by atoms with E-state index in [4.69, 9.17) is 26.7 Å². The highest BCUT2D eigenvalue weighted by molar-refractivity contribution is 6.30. The van der Waals surface area contributed by atoms with E-state index >= 15 is 0 Å². The lowest BCUT2D eigenvalue weighted by Gasteiger charge is -2.16. The van der Waals surface area contributed by atoms with E-state index in [0.29, 0.717) is 27.9 Å². The first-order chi connectivity index (χ1) is 18.2. The van der Waals surface area contributed by atoms with Crippen molar-refractivity contribution >= 4 is 29.2 Å². The van der Waals surface area contributed by atoms with Gasteiger partial charge in [0, 0.05) is 29.5 Å². The number of carboxylic acids is 1. The molecule has 12 heteroatoms. The first-order valence-electron chi connectivity index (χ1n) is 11.3. The van der Waals surface area contributed by atoms with Crippen LogP contribution in [0, 0.1) is 18.3 Å². The SMILES string of the molecule is Cc1cc(Nc2nc(=O)n(CCC(=O)O)c(=O)n2Cc2ccc(Cl)cc2)ccc1Oc1ccc(C#N)cn1. The standard InChI is InChI=1S/C26H21ClN6O5/c1-16-12-20(7-8-21(16)38-22-9-4-18(13-28)14-29-22)30-24-31-25(36)32(11-10-23(34)35)26(37)33(24)15-17-2-5-19(27)6-3-17/h2-9,12,14H,10-11,15H2,1H3,(H,34,35)(H,30,31,36). The van der Waals surface area contributed by atoms with Crippen LogP contribution in [0.1, 0.15) is 23.1 Å². The molecule has 0 amide bonds. The van der Waals surface area contributed by atoms with Crippen molar-refractivity contribution in [3.05, 3.63) is 103 Å². The predicted molar refractivity (Wildman–Crippen MR) is 139 cm³/mol. The maximum absolute atomic E-state index is 13.2. The predicted octanol–water partition coefficient (Wildman–Crippen LogP) is 3.69. The van der Waals surface area contributed by atoms with Crippen molar-refractivity contribution in [1.29, 1.82) is 5.26 Å². The van der Waals surface area contributed by atoms with Crippen LogP contribution < -0.4 is 21.4 Å². The Kier molecular flexibility index (Phi) is 7.84. The summed E-state index contributed by atoms with van der Waals surface area (Å²) in [4.78, 5) is 45.0. The fourth-order valence-electron chi connectivity index (χ4n) is 3.53. The Morgan fingerprint density at radius 1 is 1.13 bits per heavy atom. The molecule has 2 aromatic heterocycles. The third-order valence-electron chi connectivity index (χ3n) is 5.46. The van der Waals surface area contributed by atoms with Crippen LogP contribution in [0.25, 0.3) is 0 Å². The molecular formula is C26H21ClN6O5. The molecule has 0 spiro atoms. The first kappa shape index (κ1) is 26.1. The minimum Gasteiger partial charge on any atom is -0.481 e. The van der Waals surface area contributed by atoms with Crippen molar-refractivity contribution in [1.82, 2.24) is 19.1 Å². The Bertz CT molecular complexity index is 1640. The molecule has 0 atom stereocenters. The van der Waals surface area contributed by atoms with Gasteiger partial charge in [0.05, 0.1) is 18.5 Å². The van der Waals surface area contributed by atoms with Gasteiger partial charge in [-0.1, -0.05) is 23.7 Å². The molecule has 11 nitrogen and oxygen atoms in total. The third-order valence-corrected chi connectivity index (χ3v) is 5.72. The van der Waals surface area contributed by atoms with Crippen molar-refractivity contribution in [2.75, 3.05) is 5.32 Å². The number of hydrogen-bond donors (Lipinski definition) is 2. The van der Waals surface area contributed by atoms with Crippen LogP contribution >= 0.6 is 11.6 Å². The topological polar surface area (TPSA) is 152 Å². The van der Waals surface area contributed by atoms with Gasteiger partial charge in [0.1, 0.15) is 11.8 Å². The van der Waals surface area contributed by atoms with Gasteiger partial charge in [-0.25, -0.2) is 19.1 Å². The molecule has 0 aliphatic heterocycles. The zero-order chi connectivity index (χ0) is 27.2. The van der Waals surface area contributed by atoms with E-state index in [1.807, 2.05) is 13.0 Å². The number of hydrogen-bond acceptors (Lipinski definition) is 8. The summed E-state index contributed by atoms with van der Waals surface area (Å²) < 4.78 is 7.85. The van der Waals surface area contributed by atoms with Crippen molar-refractivity contribution in [3.8, 4) is 17.7 Å². The van der Waals surface area contributed by atoms with Gasteiger partial charge in [-0.15, -0.1) is 0 Å². The number of benzene rings is 2. The van der Waals surface area contributed by atoms with Gasteiger partial charge in [-0.3, -0.25) is 9.36 Å². The summed E-state index contributed by atoms with van der Waals surface area (Å²) in [6.45, 7) is 1.56. The zero-order valence-corrected chi connectivity index (χ0v) is 20.8. The van der Waals surface area contributed by atoms with Crippen LogP contribution in [0.3, 0.4) is 0 Å². The quantitative estimate of drug-likeness (QED) is 0.328. The molecule has 0 fully saturated rings. The molecule has 0 unspecified atom stereocenters. The van der Waals surface area contributed by atoms with Crippen LogP contribution in [0.5, 0.6) is 11.6 Å². The number of carboxylic acid groups (broad SMARTS) is 1. The second kappa shape index (κ2) is 11.4. The number of nitrogens with zero attached hydrogens (tertiary/aromatic N) is 5. The molecule has 4 aromatic rings. The number of carbonyl (C=O) groups is 1. The molecule has 0 aliphatic rings. The maximum Gasteiger partial charge on any atom is 0.354 e. The van der Waals surface area contributed by atoms with E-state index in [1.54, 1.807) is 54.6 Å². The van der Waals surface area contributed by atoms with Gasteiger partial charge in [-0.05, 0) is 54.4 Å². The number of aliphatic carboxylic acids is 1. The molecule has 0 radical (unpaired) electrons. The molecule has 2 aromatic carbocycles. The number of anilines is 2. The number of pyridine rings is 1. The maximum atomic E-state index is 13.2. The highest BCUT2D eigenvalue weighted by atomic mass is 35.5. The minimum absolute atomic E-state index is 0.0108. The molecule has 0 saturated carbocycles.